The fourth-order valence-electron chi connectivity index (χ4n) is 1.44. The first-order valence-electron chi connectivity index (χ1n) is 5.88. The van der Waals surface area contributed by atoms with Gasteiger partial charge in [0, 0.05) is 12.4 Å². The molecule has 2 N–H and O–H groups in total. The zero-order valence-electron chi connectivity index (χ0n) is 10.9. The maximum absolute atomic E-state index is 5.84. The number of aromatic amines is 1. The summed E-state index contributed by atoms with van der Waals surface area (Å²) >= 11 is 5.84. The Hall–Kier alpha value is -1.89. The number of H-pyrrole nitrogens is 1. The van der Waals surface area contributed by atoms with Gasteiger partial charge in [-0.1, -0.05) is 0 Å². The number of imidazole rings is 1. The highest BCUT2D eigenvalue weighted by molar-refractivity contribution is 6.28. The third-order valence-electron chi connectivity index (χ3n) is 2.20. The Morgan fingerprint density at radius 2 is 2.05 bits per heavy atom. The van der Waals surface area contributed by atoms with Crippen LogP contribution in [0.2, 0.25) is 5.28 Å². The van der Waals surface area contributed by atoms with Crippen LogP contribution in [0.25, 0.3) is 0 Å². The normalized spacial score (nSPS) is 12.5. The first-order valence-corrected chi connectivity index (χ1v) is 6.26. The van der Waals surface area contributed by atoms with Crippen molar-refractivity contribution in [3.8, 4) is 6.01 Å². The van der Waals surface area contributed by atoms with Gasteiger partial charge in [0.25, 0.3) is 0 Å². The van der Waals surface area contributed by atoms with Crippen LogP contribution in [0.4, 0.5) is 5.95 Å². The van der Waals surface area contributed by atoms with Crippen molar-refractivity contribution in [2.45, 2.75) is 32.9 Å². The second-order valence-electron chi connectivity index (χ2n) is 4.22. The van der Waals surface area contributed by atoms with Crippen molar-refractivity contribution in [1.82, 2.24) is 24.9 Å². The van der Waals surface area contributed by atoms with Gasteiger partial charge in [-0.2, -0.15) is 15.0 Å². The van der Waals surface area contributed by atoms with Gasteiger partial charge in [-0.05, 0) is 32.4 Å². The molecule has 0 saturated carbocycles. The number of ether oxygens (including phenoxy) is 1. The highest BCUT2D eigenvalue weighted by Gasteiger charge is 2.12. The van der Waals surface area contributed by atoms with Crippen molar-refractivity contribution >= 4 is 17.5 Å². The molecule has 0 aliphatic heterocycles. The predicted molar refractivity (Wildman–Crippen MR) is 71.2 cm³/mol. The van der Waals surface area contributed by atoms with Gasteiger partial charge in [0.05, 0.1) is 12.1 Å². The Morgan fingerprint density at radius 3 is 2.68 bits per heavy atom. The molecule has 0 fully saturated rings. The average Bonchev–Trinajstić information content (AvgIpc) is 2.79. The van der Waals surface area contributed by atoms with Gasteiger partial charge in [-0.3, -0.25) is 0 Å². The summed E-state index contributed by atoms with van der Waals surface area (Å²) in [7, 11) is 0. The molecule has 0 aromatic carbocycles. The lowest BCUT2D eigenvalue weighted by molar-refractivity contribution is 0.222. The van der Waals surface area contributed by atoms with Crippen molar-refractivity contribution in [3.63, 3.8) is 0 Å². The molecule has 0 radical (unpaired) electrons. The van der Waals surface area contributed by atoms with E-state index >= 15 is 0 Å². The summed E-state index contributed by atoms with van der Waals surface area (Å²) in [6, 6.07) is 0.115. The first kappa shape index (κ1) is 13.5. The third-order valence-corrected chi connectivity index (χ3v) is 2.37. The van der Waals surface area contributed by atoms with Crippen molar-refractivity contribution < 1.29 is 4.74 Å². The van der Waals surface area contributed by atoms with Gasteiger partial charge in [-0.15, -0.1) is 0 Å². The van der Waals surface area contributed by atoms with E-state index in [1.165, 1.54) is 0 Å². The molecule has 0 saturated heterocycles. The summed E-state index contributed by atoms with van der Waals surface area (Å²) in [6.45, 7) is 5.70. The van der Waals surface area contributed by atoms with E-state index in [9.17, 15) is 0 Å². The smallest absolute Gasteiger partial charge is 0.322 e. The van der Waals surface area contributed by atoms with Crippen LogP contribution in [0, 0.1) is 0 Å². The van der Waals surface area contributed by atoms with Gasteiger partial charge in [0.2, 0.25) is 11.2 Å². The van der Waals surface area contributed by atoms with E-state index in [0.29, 0.717) is 5.95 Å². The number of hydrogen-bond donors (Lipinski definition) is 2. The van der Waals surface area contributed by atoms with E-state index < -0.39 is 0 Å². The zero-order chi connectivity index (χ0) is 13.8. The molecular formula is C11H15ClN6O. The minimum atomic E-state index is -0.0830. The second kappa shape index (κ2) is 5.83. The summed E-state index contributed by atoms with van der Waals surface area (Å²) < 4.78 is 5.40. The van der Waals surface area contributed by atoms with Crippen LogP contribution >= 0.6 is 11.6 Å². The van der Waals surface area contributed by atoms with Gasteiger partial charge in [0.15, 0.2) is 0 Å². The molecule has 2 aromatic rings. The van der Waals surface area contributed by atoms with Crippen molar-refractivity contribution in [2.24, 2.45) is 0 Å². The molecule has 2 rings (SSSR count). The van der Waals surface area contributed by atoms with Crippen LogP contribution in [0.15, 0.2) is 12.4 Å². The van der Waals surface area contributed by atoms with Crippen LogP contribution < -0.4 is 10.1 Å². The Morgan fingerprint density at radius 1 is 1.26 bits per heavy atom. The molecule has 1 atom stereocenters. The number of anilines is 1. The molecule has 0 aliphatic rings. The summed E-state index contributed by atoms with van der Waals surface area (Å²) in [5, 5.41) is 3.16. The molecule has 7 nitrogen and oxygen atoms in total. The molecule has 0 spiro atoms. The lowest BCUT2D eigenvalue weighted by Crippen LogP contribution is -2.14. The van der Waals surface area contributed by atoms with E-state index in [0.717, 1.165) is 5.82 Å². The van der Waals surface area contributed by atoms with E-state index in [4.69, 9.17) is 16.3 Å². The number of nitrogens with zero attached hydrogens (tertiary/aromatic N) is 4. The molecule has 0 aliphatic carbocycles. The van der Waals surface area contributed by atoms with E-state index in [1.807, 2.05) is 20.8 Å². The highest BCUT2D eigenvalue weighted by Crippen LogP contribution is 2.17. The topological polar surface area (TPSA) is 88.6 Å². The van der Waals surface area contributed by atoms with Crippen LogP contribution in [-0.2, 0) is 0 Å². The Kier molecular flexibility index (Phi) is 4.16. The average molecular weight is 283 g/mol. The number of nitrogens with one attached hydrogen (secondary N) is 2. The predicted octanol–water partition coefficient (Wildman–Crippen LogP) is 2.21. The standard InChI is InChI=1S/C11H15ClN6O/c1-6(2)19-11-17-9(12)16-10(18-11)15-7(3)8-13-4-5-14-8/h4-7H,1-3H3,(H,13,14)(H,15,16,17,18). The lowest BCUT2D eigenvalue weighted by Gasteiger charge is -2.13. The number of rotatable bonds is 5. The summed E-state index contributed by atoms with van der Waals surface area (Å²) in [5.41, 5.74) is 0. The first-order chi connectivity index (χ1) is 9.04. The van der Waals surface area contributed by atoms with E-state index in [1.54, 1.807) is 12.4 Å². The molecule has 0 bridgehead atoms. The number of halogens is 1. The quantitative estimate of drug-likeness (QED) is 0.874. The SMILES string of the molecule is CC(C)Oc1nc(Cl)nc(NC(C)c2ncc[nH]2)n1. The Bertz CT molecular complexity index is 530. The summed E-state index contributed by atoms with van der Waals surface area (Å²) in [4.78, 5) is 19.2. The zero-order valence-corrected chi connectivity index (χ0v) is 11.6. The van der Waals surface area contributed by atoms with Crippen LogP contribution in [0.3, 0.4) is 0 Å². The van der Waals surface area contributed by atoms with Crippen LogP contribution in [0.5, 0.6) is 6.01 Å². The molecule has 1 unspecified atom stereocenters. The summed E-state index contributed by atoms with van der Waals surface area (Å²) in [5.74, 6) is 1.13. The molecule has 0 amide bonds. The number of aromatic nitrogens is 5. The second-order valence-corrected chi connectivity index (χ2v) is 4.56. The molecular weight excluding hydrogens is 268 g/mol. The molecule has 2 aromatic heterocycles. The monoisotopic (exact) mass is 282 g/mol. The maximum Gasteiger partial charge on any atom is 0.322 e. The van der Waals surface area contributed by atoms with Gasteiger partial charge < -0.3 is 15.0 Å². The van der Waals surface area contributed by atoms with Crippen molar-refractivity contribution in [3.05, 3.63) is 23.5 Å². The molecule has 19 heavy (non-hydrogen) atoms. The van der Waals surface area contributed by atoms with E-state index in [2.05, 4.69) is 30.2 Å². The fraction of sp³-hybridized carbons (Fsp3) is 0.455. The fourth-order valence-corrected chi connectivity index (χ4v) is 1.59. The molecule has 2 heterocycles. The van der Waals surface area contributed by atoms with Gasteiger partial charge in [-0.25, -0.2) is 4.98 Å². The minimum Gasteiger partial charge on any atom is -0.461 e. The van der Waals surface area contributed by atoms with E-state index in [-0.39, 0.29) is 23.4 Å². The molecule has 102 valence electrons. The van der Waals surface area contributed by atoms with Crippen LogP contribution in [-0.4, -0.2) is 31.0 Å². The largest absolute Gasteiger partial charge is 0.461 e. The minimum absolute atomic E-state index is 0.0335. The third kappa shape index (κ3) is 3.78. The number of hydrogen-bond acceptors (Lipinski definition) is 6. The van der Waals surface area contributed by atoms with Crippen molar-refractivity contribution in [2.75, 3.05) is 5.32 Å². The molecule has 8 heteroatoms. The van der Waals surface area contributed by atoms with Crippen LogP contribution in [0.1, 0.15) is 32.6 Å². The highest BCUT2D eigenvalue weighted by atomic mass is 35.5. The van der Waals surface area contributed by atoms with Gasteiger partial charge >= 0.3 is 6.01 Å². The van der Waals surface area contributed by atoms with Gasteiger partial charge in [0.1, 0.15) is 5.82 Å². The van der Waals surface area contributed by atoms with Crippen molar-refractivity contribution in [1.29, 1.82) is 0 Å². The Balaban J connectivity index is 2.13. The summed E-state index contributed by atoms with van der Waals surface area (Å²) in [6.07, 6.45) is 3.40. The maximum atomic E-state index is 5.84. The lowest BCUT2D eigenvalue weighted by atomic mass is 10.3. The Labute approximate surface area is 115 Å².